The van der Waals surface area contributed by atoms with E-state index in [1.165, 1.54) is 11.3 Å². The number of thiophene rings is 1. The van der Waals surface area contributed by atoms with Crippen molar-refractivity contribution in [2.75, 3.05) is 11.9 Å². The monoisotopic (exact) mass is 434 g/mol. The molecule has 7 heteroatoms. The molecule has 2 aromatic heterocycles. The molecule has 6 nitrogen and oxygen atoms in total. The van der Waals surface area contributed by atoms with Crippen molar-refractivity contribution in [3.05, 3.63) is 58.4 Å². The zero-order valence-electron chi connectivity index (χ0n) is 17.3. The second-order valence-corrected chi connectivity index (χ2v) is 9.62. The fraction of sp³-hybridized carbons (Fsp3) is 0.375. The van der Waals surface area contributed by atoms with Gasteiger partial charge in [0, 0.05) is 37.1 Å². The summed E-state index contributed by atoms with van der Waals surface area (Å²) in [6.07, 6.45) is 6.29. The number of anilines is 1. The molecule has 31 heavy (non-hydrogen) atoms. The van der Waals surface area contributed by atoms with Crippen LogP contribution < -0.4 is 16.0 Å². The Morgan fingerprint density at radius 1 is 1.19 bits per heavy atom. The maximum Gasteiger partial charge on any atom is 0.263 e. The molecule has 0 unspecified atom stereocenters. The summed E-state index contributed by atoms with van der Waals surface area (Å²) in [5, 5.41) is 12.7. The van der Waals surface area contributed by atoms with Crippen LogP contribution in [0.5, 0.6) is 0 Å². The quantitative estimate of drug-likeness (QED) is 0.565. The number of benzene rings is 1. The van der Waals surface area contributed by atoms with Gasteiger partial charge >= 0.3 is 0 Å². The minimum Gasteiger partial charge on any atom is -0.380 e. The first-order valence-electron chi connectivity index (χ1n) is 10.8. The van der Waals surface area contributed by atoms with E-state index < -0.39 is 0 Å². The van der Waals surface area contributed by atoms with Gasteiger partial charge in [0.1, 0.15) is 4.88 Å². The molecule has 3 aromatic rings. The molecule has 2 fully saturated rings. The molecule has 0 bridgehead atoms. The van der Waals surface area contributed by atoms with Crippen molar-refractivity contribution in [1.29, 1.82) is 0 Å². The lowest BCUT2D eigenvalue weighted by Gasteiger charge is -2.36. The number of nitrogens with zero attached hydrogens (tertiary/aromatic N) is 1. The van der Waals surface area contributed by atoms with Crippen molar-refractivity contribution in [2.45, 2.75) is 44.7 Å². The molecule has 1 aliphatic heterocycles. The molecule has 1 spiro atoms. The zero-order valence-corrected chi connectivity index (χ0v) is 18.1. The fourth-order valence-corrected chi connectivity index (χ4v) is 5.63. The molecule has 2 amide bonds. The molecule has 5 rings (SSSR count). The lowest BCUT2D eigenvalue weighted by atomic mass is 9.72. The second kappa shape index (κ2) is 8.30. The predicted molar refractivity (Wildman–Crippen MR) is 123 cm³/mol. The van der Waals surface area contributed by atoms with Gasteiger partial charge in [0.15, 0.2) is 0 Å². The second-order valence-electron chi connectivity index (χ2n) is 8.71. The summed E-state index contributed by atoms with van der Waals surface area (Å²) in [4.78, 5) is 29.7. The highest BCUT2D eigenvalue weighted by molar-refractivity contribution is 7.12. The third-order valence-electron chi connectivity index (χ3n) is 6.66. The number of pyridine rings is 1. The molecule has 2 aliphatic rings. The van der Waals surface area contributed by atoms with Crippen LogP contribution in [-0.4, -0.2) is 29.4 Å². The molecule has 160 valence electrons. The van der Waals surface area contributed by atoms with Crippen LogP contribution in [0, 0.1) is 5.41 Å². The van der Waals surface area contributed by atoms with Gasteiger partial charge in [-0.3, -0.25) is 14.6 Å². The van der Waals surface area contributed by atoms with E-state index in [2.05, 4.69) is 27.0 Å². The van der Waals surface area contributed by atoms with E-state index >= 15 is 0 Å². The third kappa shape index (κ3) is 4.14. The summed E-state index contributed by atoms with van der Waals surface area (Å²) in [7, 11) is 0. The van der Waals surface area contributed by atoms with Gasteiger partial charge < -0.3 is 16.0 Å². The van der Waals surface area contributed by atoms with Crippen molar-refractivity contribution in [1.82, 2.24) is 15.6 Å². The summed E-state index contributed by atoms with van der Waals surface area (Å²) >= 11 is 1.46. The summed E-state index contributed by atoms with van der Waals surface area (Å²) in [5.74, 6) is 0.150. The van der Waals surface area contributed by atoms with Gasteiger partial charge in [0.05, 0.1) is 11.2 Å². The predicted octanol–water partition coefficient (Wildman–Crippen LogP) is 4.09. The maximum absolute atomic E-state index is 13.0. The number of nitrogens with one attached hydrogen (secondary N) is 3. The molecule has 0 radical (unpaired) electrons. The Labute approximate surface area is 185 Å². The molecular formula is C24H26N4O2S. The SMILES string of the molecule is O=C1CC2(CCC(NC(=O)c3sccc3NCc3ccnc4ccccc34)CC2)CN1. The normalized spacial score (nSPS) is 23.1. The van der Waals surface area contributed by atoms with Gasteiger partial charge in [0.2, 0.25) is 5.91 Å². The van der Waals surface area contributed by atoms with Crippen LogP contribution in [0.3, 0.4) is 0 Å². The molecule has 3 heterocycles. The van der Waals surface area contributed by atoms with E-state index in [4.69, 9.17) is 0 Å². The topological polar surface area (TPSA) is 83.1 Å². The fourth-order valence-electron chi connectivity index (χ4n) is 4.85. The number of para-hydroxylation sites is 1. The first-order valence-corrected chi connectivity index (χ1v) is 11.7. The van der Waals surface area contributed by atoms with Crippen LogP contribution in [0.4, 0.5) is 5.69 Å². The molecule has 0 atom stereocenters. The molecule has 3 N–H and O–H groups in total. The summed E-state index contributed by atoms with van der Waals surface area (Å²) < 4.78 is 0. The van der Waals surface area contributed by atoms with Crippen LogP contribution in [0.25, 0.3) is 10.9 Å². The van der Waals surface area contributed by atoms with Crippen LogP contribution in [0.1, 0.15) is 47.3 Å². The van der Waals surface area contributed by atoms with E-state index in [0.717, 1.165) is 59.3 Å². The van der Waals surface area contributed by atoms with Crippen molar-refractivity contribution >= 4 is 39.7 Å². The Kier molecular flexibility index (Phi) is 5.36. The molecule has 1 aromatic carbocycles. The Balaban J connectivity index is 1.21. The molecular weight excluding hydrogens is 408 g/mol. The van der Waals surface area contributed by atoms with E-state index in [9.17, 15) is 9.59 Å². The first-order chi connectivity index (χ1) is 15.1. The number of rotatable bonds is 5. The Morgan fingerprint density at radius 2 is 2.03 bits per heavy atom. The van der Waals surface area contributed by atoms with Crippen LogP contribution in [0.15, 0.2) is 48.0 Å². The maximum atomic E-state index is 13.0. The van der Waals surface area contributed by atoms with Crippen molar-refractivity contribution in [3.8, 4) is 0 Å². The zero-order chi connectivity index (χ0) is 21.3. The minimum atomic E-state index is -0.0151. The van der Waals surface area contributed by atoms with Gasteiger partial charge in [-0.15, -0.1) is 11.3 Å². The van der Waals surface area contributed by atoms with E-state index in [0.29, 0.717) is 13.0 Å². The highest BCUT2D eigenvalue weighted by Gasteiger charge is 2.41. The highest BCUT2D eigenvalue weighted by Crippen LogP contribution is 2.41. The molecule has 1 saturated heterocycles. The molecule has 1 aliphatic carbocycles. The Morgan fingerprint density at radius 3 is 2.84 bits per heavy atom. The lowest BCUT2D eigenvalue weighted by Crippen LogP contribution is -2.41. The van der Waals surface area contributed by atoms with Gasteiger partial charge in [0.25, 0.3) is 5.91 Å². The summed E-state index contributed by atoms with van der Waals surface area (Å²) in [6.45, 7) is 1.42. The van der Waals surface area contributed by atoms with Gasteiger partial charge in [-0.05, 0) is 60.2 Å². The Hall–Kier alpha value is -2.93. The number of amides is 2. The lowest BCUT2D eigenvalue weighted by molar-refractivity contribution is -0.119. The van der Waals surface area contributed by atoms with Crippen molar-refractivity contribution in [3.63, 3.8) is 0 Å². The van der Waals surface area contributed by atoms with Gasteiger partial charge in [-0.2, -0.15) is 0 Å². The number of aromatic nitrogens is 1. The van der Waals surface area contributed by atoms with Crippen LogP contribution in [0.2, 0.25) is 0 Å². The highest BCUT2D eigenvalue weighted by atomic mass is 32.1. The van der Waals surface area contributed by atoms with E-state index in [1.54, 1.807) is 0 Å². The molecule has 1 saturated carbocycles. The number of carbonyl (C=O) groups is 2. The van der Waals surface area contributed by atoms with E-state index in [-0.39, 0.29) is 23.3 Å². The summed E-state index contributed by atoms with van der Waals surface area (Å²) in [6, 6.07) is 12.2. The number of hydrogen-bond donors (Lipinski definition) is 3. The van der Waals surface area contributed by atoms with Crippen LogP contribution >= 0.6 is 11.3 Å². The third-order valence-corrected chi connectivity index (χ3v) is 7.57. The average molecular weight is 435 g/mol. The first kappa shape index (κ1) is 20.0. The largest absolute Gasteiger partial charge is 0.380 e. The number of carbonyl (C=O) groups excluding carboxylic acids is 2. The Bertz CT molecular complexity index is 1110. The number of hydrogen-bond acceptors (Lipinski definition) is 5. The van der Waals surface area contributed by atoms with Crippen molar-refractivity contribution < 1.29 is 9.59 Å². The van der Waals surface area contributed by atoms with E-state index in [1.807, 2.05) is 41.9 Å². The number of fused-ring (bicyclic) bond motifs is 1. The average Bonchev–Trinajstić information content (AvgIpc) is 3.41. The standard InChI is InChI=1S/C24H26N4O2S/c29-21-13-24(15-27-21)9-5-17(6-10-24)28-23(30)22-20(8-12-31-22)26-14-16-7-11-25-19-4-2-1-3-18(16)19/h1-4,7-8,11-12,17,26H,5-6,9-10,13-15H2,(H,27,29)(H,28,30). The summed E-state index contributed by atoms with van der Waals surface area (Å²) in [5.41, 5.74) is 3.10. The smallest absolute Gasteiger partial charge is 0.263 e. The minimum absolute atomic E-state index is 0.0151. The van der Waals surface area contributed by atoms with Crippen LogP contribution in [-0.2, 0) is 11.3 Å². The van der Waals surface area contributed by atoms with Gasteiger partial charge in [-0.25, -0.2) is 0 Å². The van der Waals surface area contributed by atoms with Gasteiger partial charge in [-0.1, -0.05) is 18.2 Å². The van der Waals surface area contributed by atoms with Crippen molar-refractivity contribution in [2.24, 2.45) is 5.41 Å².